The quantitative estimate of drug-likeness (QED) is 0.865. The molecule has 2 heterocycles. The highest BCUT2D eigenvalue weighted by Gasteiger charge is 2.16. The molecule has 0 spiro atoms. The minimum Gasteiger partial charge on any atom is -0.348 e. The lowest BCUT2D eigenvalue weighted by Gasteiger charge is -2.29. The van der Waals surface area contributed by atoms with Crippen LogP contribution in [0.15, 0.2) is 48.7 Å². The summed E-state index contributed by atoms with van der Waals surface area (Å²) in [7, 11) is 1.97. The van der Waals surface area contributed by atoms with Gasteiger partial charge in [-0.3, -0.25) is 4.79 Å². The summed E-state index contributed by atoms with van der Waals surface area (Å²) < 4.78 is 0. The van der Waals surface area contributed by atoms with Crippen LogP contribution in [0.5, 0.6) is 0 Å². The van der Waals surface area contributed by atoms with Crippen LogP contribution in [0.25, 0.3) is 0 Å². The molecule has 1 amide bonds. The maximum atomic E-state index is 12.5. The maximum Gasteiger partial charge on any atom is 0.253 e. The molecule has 0 radical (unpaired) electrons. The van der Waals surface area contributed by atoms with Gasteiger partial charge in [0.25, 0.3) is 5.91 Å². The fourth-order valence-electron chi connectivity index (χ4n) is 3.38. The van der Waals surface area contributed by atoms with Crippen molar-refractivity contribution in [1.29, 1.82) is 0 Å². The van der Waals surface area contributed by atoms with E-state index in [1.165, 1.54) is 19.3 Å². The van der Waals surface area contributed by atoms with E-state index in [1.54, 1.807) is 6.20 Å². The number of carbonyl (C=O) groups is 1. The summed E-state index contributed by atoms with van der Waals surface area (Å²) in [6.07, 6.45) is 5.51. The molecule has 1 N–H and O–H groups in total. The number of anilines is 2. The van der Waals surface area contributed by atoms with Crippen LogP contribution in [0.4, 0.5) is 11.5 Å². The zero-order chi connectivity index (χ0) is 18.4. The van der Waals surface area contributed by atoms with Crippen LogP contribution in [0.2, 0.25) is 0 Å². The molecule has 26 heavy (non-hydrogen) atoms. The highest BCUT2D eigenvalue weighted by Crippen LogP contribution is 2.20. The molecule has 0 saturated carbocycles. The average Bonchev–Trinajstić information content (AvgIpc) is 2.69. The molecule has 1 unspecified atom stereocenters. The monoisotopic (exact) mass is 352 g/mol. The van der Waals surface area contributed by atoms with Gasteiger partial charge in [0.1, 0.15) is 5.82 Å². The number of amides is 1. The number of hydrogen-bond donors (Lipinski definition) is 1. The zero-order valence-electron chi connectivity index (χ0n) is 15.7. The van der Waals surface area contributed by atoms with Gasteiger partial charge in [0.05, 0.1) is 5.56 Å². The van der Waals surface area contributed by atoms with Gasteiger partial charge < -0.3 is 15.1 Å². The van der Waals surface area contributed by atoms with Crippen molar-refractivity contribution in [2.24, 2.45) is 0 Å². The van der Waals surface area contributed by atoms with Gasteiger partial charge in [-0.15, -0.1) is 0 Å². The Kier molecular flexibility index (Phi) is 6.23. The average molecular weight is 352 g/mol. The molecule has 3 rings (SSSR count). The molecular formula is C21H28N4O. The van der Waals surface area contributed by atoms with Crippen molar-refractivity contribution in [1.82, 2.24) is 15.2 Å². The molecule has 1 fully saturated rings. The van der Waals surface area contributed by atoms with Crippen molar-refractivity contribution < 1.29 is 4.79 Å². The van der Waals surface area contributed by atoms with Crippen molar-refractivity contribution in [3.8, 4) is 0 Å². The lowest BCUT2D eigenvalue weighted by Crippen LogP contribution is -2.43. The van der Waals surface area contributed by atoms with Crippen LogP contribution in [0, 0.1) is 0 Å². The number of benzene rings is 1. The molecule has 1 saturated heterocycles. The smallest absolute Gasteiger partial charge is 0.253 e. The summed E-state index contributed by atoms with van der Waals surface area (Å²) in [4.78, 5) is 21.4. The molecule has 1 atom stereocenters. The number of aromatic nitrogens is 1. The Balaban J connectivity index is 1.56. The number of para-hydroxylation sites is 1. The first kappa shape index (κ1) is 18.4. The number of hydrogen-bond acceptors (Lipinski definition) is 4. The number of nitrogens with zero attached hydrogens (tertiary/aromatic N) is 3. The first-order valence-electron chi connectivity index (χ1n) is 9.41. The second kappa shape index (κ2) is 8.81. The summed E-state index contributed by atoms with van der Waals surface area (Å²) in [5.41, 5.74) is 1.66. The molecule has 5 nitrogen and oxygen atoms in total. The Morgan fingerprint density at radius 2 is 1.88 bits per heavy atom. The lowest BCUT2D eigenvalue weighted by atomic mass is 10.1. The number of likely N-dealkylation sites (tertiary alicyclic amines) is 1. The van der Waals surface area contributed by atoms with E-state index in [0.717, 1.165) is 31.1 Å². The van der Waals surface area contributed by atoms with Crippen LogP contribution in [-0.2, 0) is 0 Å². The highest BCUT2D eigenvalue weighted by atomic mass is 16.1. The molecule has 138 valence electrons. The first-order valence-corrected chi connectivity index (χ1v) is 9.41. The maximum absolute atomic E-state index is 12.5. The Hall–Kier alpha value is -2.40. The third kappa shape index (κ3) is 4.82. The molecular weight excluding hydrogens is 324 g/mol. The third-order valence-electron chi connectivity index (χ3n) is 4.86. The largest absolute Gasteiger partial charge is 0.348 e. The van der Waals surface area contributed by atoms with Gasteiger partial charge in [0.2, 0.25) is 0 Å². The van der Waals surface area contributed by atoms with E-state index in [9.17, 15) is 4.79 Å². The van der Waals surface area contributed by atoms with E-state index in [1.807, 2.05) is 54.4 Å². The summed E-state index contributed by atoms with van der Waals surface area (Å²) in [5.74, 6) is 0.755. The molecule has 5 heteroatoms. The summed E-state index contributed by atoms with van der Waals surface area (Å²) in [6, 6.07) is 13.9. The van der Waals surface area contributed by atoms with Gasteiger partial charge in [-0.05, 0) is 57.1 Å². The minimum atomic E-state index is -0.0593. The third-order valence-corrected chi connectivity index (χ3v) is 4.86. The van der Waals surface area contributed by atoms with E-state index >= 15 is 0 Å². The van der Waals surface area contributed by atoms with Gasteiger partial charge in [-0.25, -0.2) is 4.98 Å². The highest BCUT2D eigenvalue weighted by molar-refractivity contribution is 5.94. The minimum absolute atomic E-state index is 0.0593. The van der Waals surface area contributed by atoms with Crippen LogP contribution in [0.1, 0.15) is 36.5 Å². The molecule has 2 aromatic rings. The van der Waals surface area contributed by atoms with Crippen molar-refractivity contribution in [2.75, 3.05) is 31.6 Å². The normalized spacial score (nSPS) is 16.1. The summed E-state index contributed by atoms with van der Waals surface area (Å²) >= 11 is 0. The number of rotatable bonds is 6. The van der Waals surface area contributed by atoms with Gasteiger partial charge in [0.15, 0.2) is 0 Å². The molecule has 1 aromatic heterocycles. The second-order valence-corrected chi connectivity index (χ2v) is 7.04. The van der Waals surface area contributed by atoms with Gasteiger partial charge in [-0.1, -0.05) is 24.6 Å². The van der Waals surface area contributed by atoms with Gasteiger partial charge in [-0.2, -0.15) is 0 Å². The van der Waals surface area contributed by atoms with Crippen LogP contribution < -0.4 is 10.2 Å². The van der Waals surface area contributed by atoms with Crippen LogP contribution in [-0.4, -0.2) is 48.5 Å². The van der Waals surface area contributed by atoms with E-state index in [2.05, 4.69) is 22.1 Å². The number of pyridine rings is 1. The Labute approximate surface area is 156 Å². The molecule has 1 aliphatic rings. The summed E-state index contributed by atoms with van der Waals surface area (Å²) in [6.45, 7) is 5.26. The zero-order valence-corrected chi connectivity index (χ0v) is 15.7. The number of nitrogens with one attached hydrogen (secondary N) is 1. The first-order chi connectivity index (χ1) is 12.6. The van der Waals surface area contributed by atoms with Crippen molar-refractivity contribution in [3.05, 3.63) is 54.2 Å². The predicted molar refractivity (Wildman–Crippen MR) is 106 cm³/mol. The second-order valence-electron chi connectivity index (χ2n) is 7.04. The standard InChI is InChI=1S/C21H28N4O/c1-17(16-25-13-7-4-8-14-25)23-21(26)18-11-12-20(22-15-18)24(2)19-9-5-3-6-10-19/h3,5-6,9-12,15,17H,4,7-8,13-14,16H2,1-2H3,(H,23,26). The lowest BCUT2D eigenvalue weighted by molar-refractivity contribution is 0.0925. The van der Waals surface area contributed by atoms with Crippen molar-refractivity contribution >= 4 is 17.4 Å². The van der Waals surface area contributed by atoms with Crippen molar-refractivity contribution in [2.45, 2.75) is 32.2 Å². The van der Waals surface area contributed by atoms with Crippen LogP contribution >= 0.6 is 0 Å². The summed E-state index contributed by atoms with van der Waals surface area (Å²) in [5, 5.41) is 3.09. The molecule has 0 aliphatic carbocycles. The molecule has 1 aliphatic heterocycles. The Morgan fingerprint density at radius 1 is 1.15 bits per heavy atom. The van der Waals surface area contributed by atoms with Crippen LogP contribution in [0.3, 0.4) is 0 Å². The molecule has 0 bridgehead atoms. The Morgan fingerprint density at radius 3 is 2.54 bits per heavy atom. The fourth-order valence-corrected chi connectivity index (χ4v) is 3.38. The number of piperidine rings is 1. The predicted octanol–water partition coefficient (Wildman–Crippen LogP) is 3.45. The van der Waals surface area contributed by atoms with Crippen molar-refractivity contribution in [3.63, 3.8) is 0 Å². The molecule has 1 aromatic carbocycles. The van der Waals surface area contributed by atoms with E-state index < -0.39 is 0 Å². The van der Waals surface area contributed by atoms with E-state index in [4.69, 9.17) is 0 Å². The Bertz CT molecular complexity index is 696. The number of carbonyl (C=O) groups excluding carboxylic acids is 1. The SMILES string of the molecule is CC(CN1CCCCC1)NC(=O)c1ccc(N(C)c2ccccc2)nc1. The van der Waals surface area contributed by atoms with E-state index in [0.29, 0.717) is 5.56 Å². The topological polar surface area (TPSA) is 48.5 Å². The fraction of sp³-hybridized carbons (Fsp3) is 0.429. The van der Waals surface area contributed by atoms with Gasteiger partial charge in [0, 0.05) is 31.5 Å². The van der Waals surface area contributed by atoms with E-state index in [-0.39, 0.29) is 11.9 Å². The van der Waals surface area contributed by atoms with Gasteiger partial charge >= 0.3 is 0 Å².